The van der Waals surface area contributed by atoms with Gasteiger partial charge in [0, 0.05) is 6.42 Å². The zero-order valence-electron chi connectivity index (χ0n) is 10.8. The number of carbonyl (C=O) groups is 1. The number of nitrogens with one attached hydrogen (secondary N) is 1. The van der Waals surface area contributed by atoms with Crippen molar-refractivity contribution in [3.05, 3.63) is 29.1 Å². The molecule has 0 atom stereocenters. The third-order valence-corrected chi connectivity index (χ3v) is 2.73. The van der Waals surface area contributed by atoms with Crippen LogP contribution in [0.3, 0.4) is 0 Å². The van der Waals surface area contributed by atoms with Gasteiger partial charge in [-0.15, -0.1) is 0 Å². The first-order valence-electron chi connectivity index (χ1n) is 6.21. The molecule has 1 aromatic rings. The zero-order chi connectivity index (χ0) is 15.3. The van der Waals surface area contributed by atoms with Gasteiger partial charge in [0.05, 0.1) is 0 Å². The lowest BCUT2D eigenvalue weighted by molar-refractivity contribution is -0.116. The summed E-state index contributed by atoms with van der Waals surface area (Å²) in [7, 11) is 0. The van der Waals surface area contributed by atoms with Gasteiger partial charge in [-0.05, 0) is 6.42 Å². The molecule has 2 nitrogen and oxygen atoms in total. The summed E-state index contributed by atoms with van der Waals surface area (Å²) in [6, 6.07) is 0. The van der Waals surface area contributed by atoms with Crippen molar-refractivity contribution in [3.8, 4) is 0 Å². The van der Waals surface area contributed by atoms with Crippen molar-refractivity contribution in [3.63, 3.8) is 0 Å². The molecule has 20 heavy (non-hydrogen) atoms. The molecule has 0 spiro atoms. The summed E-state index contributed by atoms with van der Waals surface area (Å²) in [6.45, 7) is 1.97. The third-order valence-electron chi connectivity index (χ3n) is 2.73. The molecule has 0 aromatic heterocycles. The van der Waals surface area contributed by atoms with E-state index in [4.69, 9.17) is 0 Å². The molecule has 0 saturated carbocycles. The lowest BCUT2D eigenvalue weighted by atomic mass is 10.1. The molecule has 0 radical (unpaired) electrons. The van der Waals surface area contributed by atoms with Crippen LogP contribution in [0.4, 0.5) is 27.6 Å². The van der Waals surface area contributed by atoms with E-state index < -0.39 is 40.7 Å². The Hall–Kier alpha value is -1.66. The van der Waals surface area contributed by atoms with Crippen molar-refractivity contribution in [2.75, 3.05) is 5.32 Å². The largest absolute Gasteiger partial charge is 0.321 e. The number of halogens is 5. The molecule has 7 heteroatoms. The van der Waals surface area contributed by atoms with Gasteiger partial charge in [-0.3, -0.25) is 4.79 Å². The topological polar surface area (TPSA) is 29.1 Å². The Morgan fingerprint density at radius 2 is 1.35 bits per heavy atom. The van der Waals surface area contributed by atoms with Crippen LogP contribution in [-0.4, -0.2) is 5.91 Å². The van der Waals surface area contributed by atoms with Crippen LogP contribution >= 0.6 is 0 Å². The smallest absolute Gasteiger partial charge is 0.224 e. The number of anilines is 1. The highest BCUT2D eigenvalue weighted by Crippen LogP contribution is 2.27. The molecule has 0 aliphatic heterocycles. The Morgan fingerprint density at radius 1 is 0.850 bits per heavy atom. The van der Waals surface area contributed by atoms with Crippen LogP contribution < -0.4 is 5.32 Å². The highest BCUT2D eigenvalue weighted by atomic mass is 19.2. The van der Waals surface area contributed by atoms with Gasteiger partial charge in [0.1, 0.15) is 5.69 Å². The van der Waals surface area contributed by atoms with Gasteiger partial charge in [0.2, 0.25) is 11.7 Å². The van der Waals surface area contributed by atoms with Crippen molar-refractivity contribution in [1.29, 1.82) is 0 Å². The number of rotatable bonds is 6. The maximum Gasteiger partial charge on any atom is 0.224 e. The second kappa shape index (κ2) is 7.21. The number of amides is 1. The molecule has 112 valence electrons. The summed E-state index contributed by atoms with van der Waals surface area (Å²) in [5, 5.41) is 1.73. The highest BCUT2D eigenvalue weighted by molar-refractivity contribution is 5.90. The number of hydrogen-bond donors (Lipinski definition) is 1. The van der Waals surface area contributed by atoms with Gasteiger partial charge in [-0.2, -0.15) is 0 Å². The van der Waals surface area contributed by atoms with Crippen LogP contribution in [0.2, 0.25) is 0 Å². The molecular weight excluding hydrogens is 281 g/mol. The summed E-state index contributed by atoms with van der Waals surface area (Å²) >= 11 is 0. The Morgan fingerprint density at radius 3 is 1.85 bits per heavy atom. The quantitative estimate of drug-likeness (QED) is 0.361. The van der Waals surface area contributed by atoms with Crippen LogP contribution in [0.5, 0.6) is 0 Å². The van der Waals surface area contributed by atoms with E-state index in [-0.39, 0.29) is 6.42 Å². The second-order valence-electron chi connectivity index (χ2n) is 4.30. The number of hydrogen-bond acceptors (Lipinski definition) is 1. The fourth-order valence-electron chi connectivity index (χ4n) is 1.63. The van der Waals surface area contributed by atoms with Gasteiger partial charge < -0.3 is 5.32 Å². The monoisotopic (exact) mass is 295 g/mol. The van der Waals surface area contributed by atoms with Gasteiger partial charge in [-0.1, -0.05) is 26.2 Å². The van der Waals surface area contributed by atoms with E-state index in [0.29, 0.717) is 6.42 Å². The van der Waals surface area contributed by atoms with Crippen molar-refractivity contribution < 1.29 is 26.7 Å². The molecule has 1 amide bonds. The molecule has 0 aliphatic rings. The maximum absolute atomic E-state index is 13.3. The summed E-state index contributed by atoms with van der Waals surface area (Å²) < 4.78 is 65.1. The van der Waals surface area contributed by atoms with Gasteiger partial charge >= 0.3 is 0 Å². The van der Waals surface area contributed by atoms with Crippen molar-refractivity contribution in [2.45, 2.75) is 39.0 Å². The van der Waals surface area contributed by atoms with Crippen LogP contribution in [0, 0.1) is 29.1 Å². The van der Waals surface area contributed by atoms with Crippen LogP contribution in [0.25, 0.3) is 0 Å². The van der Waals surface area contributed by atoms with Crippen LogP contribution in [-0.2, 0) is 4.79 Å². The molecule has 0 aliphatic carbocycles. The van der Waals surface area contributed by atoms with E-state index in [1.807, 2.05) is 6.92 Å². The van der Waals surface area contributed by atoms with Gasteiger partial charge in [0.15, 0.2) is 23.3 Å². The standard InChI is InChI=1S/C13H14F5NO/c1-2-3-4-5-6-7(20)19-13-11(17)9(15)8(14)10(16)12(13)18/h2-6H2,1H3,(H,19,20). The fraction of sp³-hybridized carbons (Fsp3) is 0.462. The SMILES string of the molecule is CCCCCCC(=O)Nc1c(F)c(F)c(F)c(F)c1F. The molecule has 0 heterocycles. The van der Waals surface area contributed by atoms with Crippen LogP contribution in [0.1, 0.15) is 39.0 Å². The fourth-order valence-corrected chi connectivity index (χ4v) is 1.63. The highest BCUT2D eigenvalue weighted by Gasteiger charge is 2.26. The predicted octanol–water partition coefficient (Wildman–Crippen LogP) is 4.29. The Kier molecular flexibility index (Phi) is 5.91. The van der Waals surface area contributed by atoms with Crippen molar-refractivity contribution in [2.24, 2.45) is 0 Å². The molecule has 0 fully saturated rings. The summed E-state index contributed by atoms with van der Waals surface area (Å²) in [5.74, 6) is -11.3. The van der Waals surface area contributed by atoms with E-state index in [2.05, 4.69) is 0 Å². The van der Waals surface area contributed by atoms with E-state index in [1.54, 1.807) is 5.32 Å². The van der Waals surface area contributed by atoms with Gasteiger partial charge in [-0.25, -0.2) is 22.0 Å². The lowest BCUT2D eigenvalue weighted by Crippen LogP contribution is -2.16. The average Bonchev–Trinajstić information content (AvgIpc) is 2.44. The number of unbranched alkanes of at least 4 members (excludes halogenated alkanes) is 3. The molecular formula is C13H14F5NO. The first kappa shape index (κ1) is 16.4. The Labute approximate surface area is 113 Å². The molecule has 0 bridgehead atoms. The Bertz CT molecular complexity index is 475. The minimum Gasteiger partial charge on any atom is -0.321 e. The van der Waals surface area contributed by atoms with E-state index >= 15 is 0 Å². The average molecular weight is 295 g/mol. The number of benzene rings is 1. The van der Waals surface area contributed by atoms with Crippen LogP contribution in [0.15, 0.2) is 0 Å². The first-order valence-corrected chi connectivity index (χ1v) is 6.21. The molecule has 0 unspecified atom stereocenters. The number of carbonyl (C=O) groups excluding carboxylic acids is 1. The minimum absolute atomic E-state index is 0.0422. The summed E-state index contributed by atoms with van der Waals surface area (Å²) in [4.78, 5) is 11.4. The van der Waals surface area contributed by atoms with Crippen molar-refractivity contribution in [1.82, 2.24) is 0 Å². The van der Waals surface area contributed by atoms with Gasteiger partial charge in [0.25, 0.3) is 0 Å². The summed E-state index contributed by atoms with van der Waals surface area (Å²) in [5.41, 5.74) is -1.30. The normalized spacial score (nSPS) is 10.7. The van der Waals surface area contributed by atoms with E-state index in [9.17, 15) is 26.7 Å². The predicted molar refractivity (Wildman–Crippen MR) is 63.6 cm³/mol. The minimum atomic E-state index is -2.25. The van der Waals surface area contributed by atoms with Crippen molar-refractivity contribution >= 4 is 11.6 Å². The zero-order valence-corrected chi connectivity index (χ0v) is 10.8. The van der Waals surface area contributed by atoms with E-state index in [0.717, 1.165) is 19.3 Å². The first-order chi connectivity index (χ1) is 9.40. The summed E-state index contributed by atoms with van der Waals surface area (Å²) in [6.07, 6.45) is 3.03. The molecule has 1 N–H and O–H groups in total. The second-order valence-corrected chi connectivity index (χ2v) is 4.30. The Balaban J connectivity index is 2.80. The van der Waals surface area contributed by atoms with E-state index in [1.165, 1.54) is 0 Å². The lowest BCUT2D eigenvalue weighted by Gasteiger charge is -2.09. The molecule has 1 rings (SSSR count). The third kappa shape index (κ3) is 3.68. The maximum atomic E-state index is 13.3. The molecule has 0 saturated heterocycles. The molecule has 1 aromatic carbocycles.